The molecule has 2 heterocycles. The van der Waals surface area contributed by atoms with Crippen LogP contribution in [0.5, 0.6) is 11.5 Å². The van der Waals surface area contributed by atoms with E-state index in [4.69, 9.17) is 14.0 Å². The number of methoxy groups -OCH3 is 2. The van der Waals surface area contributed by atoms with Gasteiger partial charge in [0.25, 0.3) is 0 Å². The van der Waals surface area contributed by atoms with Crippen molar-refractivity contribution in [2.75, 3.05) is 25.7 Å². The average molecular weight is 331 g/mol. The van der Waals surface area contributed by atoms with Crippen LogP contribution in [-0.2, 0) is 11.2 Å². The van der Waals surface area contributed by atoms with Gasteiger partial charge in [0.15, 0.2) is 5.82 Å². The Morgan fingerprint density at radius 1 is 1.33 bits per heavy atom. The topological polar surface area (TPSA) is 77.7 Å². The number of aryl methyl sites for hydroxylation is 1. The van der Waals surface area contributed by atoms with Crippen LogP contribution >= 0.6 is 0 Å². The number of aromatic nitrogens is 2. The molecular weight excluding hydrogens is 310 g/mol. The van der Waals surface area contributed by atoms with Crippen LogP contribution in [0.15, 0.2) is 22.7 Å². The van der Waals surface area contributed by atoms with Crippen LogP contribution < -0.4 is 14.4 Å². The summed E-state index contributed by atoms with van der Waals surface area (Å²) >= 11 is 0. The number of nitrogens with zero attached hydrogens (tertiary/aromatic N) is 3. The Kier molecular flexibility index (Phi) is 4.69. The zero-order chi connectivity index (χ0) is 17.1. The molecule has 24 heavy (non-hydrogen) atoms. The molecule has 1 amide bonds. The quantitative estimate of drug-likeness (QED) is 0.809. The first-order valence-electron chi connectivity index (χ1n) is 8.01. The Balaban J connectivity index is 1.84. The SMILES string of the molecule is CCCc1noc(C2CC(=O)N(c3cc(OC)ccc3OC)C2)n1. The molecule has 1 aromatic heterocycles. The minimum absolute atomic E-state index is 0.00166. The maximum Gasteiger partial charge on any atom is 0.232 e. The largest absolute Gasteiger partial charge is 0.497 e. The van der Waals surface area contributed by atoms with Gasteiger partial charge in [-0.3, -0.25) is 4.79 Å². The van der Waals surface area contributed by atoms with Gasteiger partial charge in [-0.2, -0.15) is 4.98 Å². The molecular formula is C17H21N3O4. The van der Waals surface area contributed by atoms with Gasteiger partial charge in [0.05, 0.1) is 25.8 Å². The predicted molar refractivity (Wildman–Crippen MR) is 87.6 cm³/mol. The second-order valence-corrected chi connectivity index (χ2v) is 5.74. The first-order chi connectivity index (χ1) is 11.7. The molecule has 7 heteroatoms. The number of amides is 1. The molecule has 0 N–H and O–H groups in total. The summed E-state index contributed by atoms with van der Waals surface area (Å²) in [7, 11) is 3.17. The molecule has 1 aliphatic rings. The fraction of sp³-hybridized carbons (Fsp3) is 0.471. The smallest absolute Gasteiger partial charge is 0.232 e. The van der Waals surface area contributed by atoms with E-state index in [1.165, 1.54) is 0 Å². The highest BCUT2D eigenvalue weighted by Crippen LogP contribution is 2.38. The van der Waals surface area contributed by atoms with Crippen molar-refractivity contribution in [3.63, 3.8) is 0 Å². The predicted octanol–water partition coefficient (Wildman–Crippen LogP) is 2.56. The molecule has 1 aliphatic heterocycles. The number of carbonyl (C=O) groups is 1. The molecule has 1 atom stereocenters. The molecule has 0 spiro atoms. The van der Waals surface area contributed by atoms with Gasteiger partial charge in [-0.25, -0.2) is 0 Å². The summed E-state index contributed by atoms with van der Waals surface area (Å²) in [5.74, 6) is 2.41. The first-order valence-corrected chi connectivity index (χ1v) is 8.01. The monoisotopic (exact) mass is 331 g/mol. The van der Waals surface area contributed by atoms with Gasteiger partial charge in [-0.15, -0.1) is 0 Å². The van der Waals surface area contributed by atoms with Crippen LogP contribution in [-0.4, -0.2) is 36.8 Å². The van der Waals surface area contributed by atoms with Gasteiger partial charge in [0, 0.05) is 25.5 Å². The van der Waals surface area contributed by atoms with Crippen molar-refractivity contribution in [3.8, 4) is 11.5 Å². The van der Waals surface area contributed by atoms with E-state index in [9.17, 15) is 4.79 Å². The van der Waals surface area contributed by atoms with Gasteiger partial charge >= 0.3 is 0 Å². The van der Waals surface area contributed by atoms with Crippen LogP contribution in [0, 0.1) is 0 Å². The number of benzene rings is 1. The molecule has 7 nitrogen and oxygen atoms in total. The maximum absolute atomic E-state index is 12.5. The van der Waals surface area contributed by atoms with E-state index in [1.807, 2.05) is 0 Å². The molecule has 128 valence electrons. The number of hydrogen-bond acceptors (Lipinski definition) is 6. The molecule has 1 fully saturated rings. The van der Waals surface area contributed by atoms with E-state index in [-0.39, 0.29) is 11.8 Å². The third-order valence-electron chi connectivity index (χ3n) is 4.11. The van der Waals surface area contributed by atoms with Crippen molar-refractivity contribution in [1.29, 1.82) is 0 Å². The fourth-order valence-electron chi connectivity index (χ4n) is 2.87. The second-order valence-electron chi connectivity index (χ2n) is 5.74. The van der Waals surface area contributed by atoms with Crippen molar-refractivity contribution in [3.05, 3.63) is 29.9 Å². The highest BCUT2D eigenvalue weighted by atomic mass is 16.5. The van der Waals surface area contributed by atoms with Gasteiger partial charge in [-0.05, 0) is 18.6 Å². The Morgan fingerprint density at radius 2 is 2.17 bits per heavy atom. The lowest BCUT2D eigenvalue weighted by molar-refractivity contribution is -0.117. The third-order valence-corrected chi connectivity index (χ3v) is 4.11. The van der Waals surface area contributed by atoms with Gasteiger partial charge < -0.3 is 18.9 Å². The van der Waals surface area contributed by atoms with Crippen LogP contribution in [0.4, 0.5) is 5.69 Å². The number of carbonyl (C=O) groups excluding carboxylic acids is 1. The first kappa shape index (κ1) is 16.3. The second kappa shape index (κ2) is 6.90. The zero-order valence-corrected chi connectivity index (χ0v) is 14.1. The minimum Gasteiger partial charge on any atom is -0.497 e. The number of rotatable bonds is 6. The van der Waals surface area contributed by atoms with Gasteiger partial charge in [-0.1, -0.05) is 12.1 Å². The molecule has 0 bridgehead atoms. The Bertz CT molecular complexity index is 728. The van der Waals surface area contributed by atoms with E-state index in [1.54, 1.807) is 37.3 Å². The van der Waals surface area contributed by atoms with E-state index in [0.29, 0.717) is 41.9 Å². The highest BCUT2D eigenvalue weighted by molar-refractivity contribution is 5.98. The normalized spacial score (nSPS) is 17.4. The van der Waals surface area contributed by atoms with E-state index >= 15 is 0 Å². The zero-order valence-electron chi connectivity index (χ0n) is 14.1. The van der Waals surface area contributed by atoms with E-state index in [2.05, 4.69) is 17.1 Å². The molecule has 1 aromatic carbocycles. The summed E-state index contributed by atoms with van der Waals surface area (Å²) in [4.78, 5) is 18.6. The van der Waals surface area contributed by atoms with Crippen LogP contribution in [0.2, 0.25) is 0 Å². The number of ether oxygens (including phenoxy) is 2. The third kappa shape index (κ3) is 3.06. The number of hydrogen-bond donors (Lipinski definition) is 0. The molecule has 3 rings (SSSR count). The van der Waals surface area contributed by atoms with Crippen LogP contribution in [0.1, 0.15) is 37.4 Å². The van der Waals surface area contributed by atoms with Crippen molar-refractivity contribution < 1.29 is 18.8 Å². The summed E-state index contributed by atoms with van der Waals surface area (Å²) in [5.41, 5.74) is 0.692. The molecule has 2 aromatic rings. The lowest BCUT2D eigenvalue weighted by atomic mass is 10.1. The highest BCUT2D eigenvalue weighted by Gasteiger charge is 2.36. The van der Waals surface area contributed by atoms with Crippen molar-refractivity contribution in [2.45, 2.75) is 32.1 Å². The van der Waals surface area contributed by atoms with Gasteiger partial charge in [0.2, 0.25) is 11.8 Å². The van der Waals surface area contributed by atoms with Crippen molar-refractivity contribution in [1.82, 2.24) is 10.1 Å². The van der Waals surface area contributed by atoms with E-state index in [0.717, 1.165) is 12.8 Å². The van der Waals surface area contributed by atoms with Crippen molar-refractivity contribution >= 4 is 11.6 Å². The minimum atomic E-state index is -0.105. The summed E-state index contributed by atoms with van der Waals surface area (Å²) in [6, 6.07) is 5.39. The standard InChI is InChI=1S/C17H21N3O4/c1-4-5-15-18-17(24-19-15)11-8-16(21)20(10-11)13-9-12(22-2)6-7-14(13)23-3/h6-7,9,11H,4-5,8,10H2,1-3H3. The Labute approximate surface area is 140 Å². The summed E-state index contributed by atoms with van der Waals surface area (Å²) < 4.78 is 16.0. The van der Waals surface area contributed by atoms with Crippen LogP contribution in [0.3, 0.4) is 0 Å². The molecule has 1 saturated heterocycles. The molecule has 0 saturated carbocycles. The molecule has 1 unspecified atom stereocenters. The van der Waals surface area contributed by atoms with Crippen LogP contribution in [0.25, 0.3) is 0 Å². The number of anilines is 1. The Hall–Kier alpha value is -2.57. The summed E-state index contributed by atoms with van der Waals surface area (Å²) in [6.45, 7) is 2.54. The average Bonchev–Trinajstić information content (AvgIpc) is 3.21. The van der Waals surface area contributed by atoms with Crippen molar-refractivity contribution in [2.24, 2.45) is 0 Å². The summed E-state index contributed by atoms with van der Waals surface area (Å²) in [6.07, 6.45) is 2.07. The van der Waals surface area contributed by atoms with Gasteiger partial charge in [0.1, 0.15) is 11.5 Å². The fourth-order valence-corrected chi connectivity index (χ4v) is 2.87. The van der Waals surface area contributed by atoms with E-state index < -0.39 is 0 Å². The summed E-state index contributed by atoms with van der Waals surface area (Å²) in [5, 5.41) is 3.97. The molecule has 0 radical (unpaired) electrons. The maximum atomic E-state index is 12.5. The lowest BCUT2D eigenvalue weighted by Gasteiger charge is -2.20. The lowest BCUT2D eigenvalue weighted by Crippen LogP contribution is -2.24. The Morgan fingerprint density at radius 3 is 2.88 bits per heavy atom. The molecule has 0 aliphatic carbocycles.